The molecule has 0 bridgehead atoms. The number of hydrogen-bond donors (Lipinski definition) is 0. The van der Waals surface area contributed by atoms with Gasteiger partial charge in [-0.05, 0) is 43.3 Å². The number of carbonyl (C=O) groups excluding carboxylic acids is 1. The molecule has 0 amide bonds. The molecule has 0 saturated heterocycles. The molecule has 0 aromatic heterocycles. The van der Waals surface area contributed by atoms with Crippen LogP contribution in [0.2, 0.25) is 5.02 Å². The first-order valence-corrected chi connectivity index (χ1v) is 5.90. The Bertz CT molecular complexity index is 367. The van der Waals surface area contributed by atoms with E-state index in [9.17, 15) is 4.79 Å². The van der Waals surface area contributed by atoms with E-state index >= 15 is 0 Å². The maximum atomic E-state index is 11.2. The Balaban J connectivity index is 3.05. The van der Waals surface area contributed by atoms with Crippen molar-refractivity contribution in [2.75, 3.05) is 0 Å². The van der Waals surface area contributed by atoms with E-state index in [-0.39, 0.29) is 11.5 Å². The summed E-state index contributed by atoms with van der Waals surface area (Å²) in [6.45, 7) is 7.83. The molecule has 1 unspecified atom stereocenters. The molecule has 0 aliphatic carbocycles. The van der Waals surface area contributed by atoms with Crippen molar-refractivity contribution in [1.29, 1.82) is 0 Å². The van der Waals surface area contributed by atoms with Gasteiger partial charge in [0, 0.05) is 5.02 Å². The molecule has 0 saturated carbocycles. The van der Waals surface area contributed by atoms with Crippen molar-refractivity contribution in [2.24, 2.45) is 5.92 Å². The van der Waals surface area contributed by atoms with Crippen molar-refractivity contribution >= 4 is 24.6 Å². The van der Waals surface area contributed by atoms with Gasteiger partial charge in [-0.1, -0.05) is 37.1 Å². The van der Waals surface area contributed by atoms with Crippen LogP contribution in [0.5, 0.6) is 0 Å². The zero-order chi connectivity index (χ0) is 12.3. The second-order valence-electron chi connectivity index (χ2n) is 4.61. The molecular formula is C13H17BClO. The van der Waals surface area contributed by atoms with E-state index in [0.717, 1.165) is 16.1 Å². The van der Waals surface area contributed by atoms with Gasteiger partial charge >= 0.3 is 0 Å². The normalized spacial score (nSPS) is 12.6. The van der Waals surface area contributed by atoms with Gasteiger partial charge in [0.15, 0.2) is 0 Å². The molecule has 16 heavy (non-hydrogen) atoms. The van der Waals surface area contributed by atoms with Crippen LogP contribution in [-0.2, 0) is 4.79 Å². The first-order chi connectivity index (χ1) is 7.40. The van der Waals surface area contributed by atoms with E-state index in [1.165, 1.54) is 0 Å². The highest BCUT2D eigenvalue weighted by Crippen LogP contribution is 2.27. The Morgan fingerprint density at radius 2 is 1.94 bits per heavy atom. The van der Waals surface area contributed by atoms with Crippen molar-refractivity contribution in [2.45, 2.75) is 33.5 Å². The zero-order valence-electron chi connectivity index (χ0n) is 10.3. The minimum absolute atomic E-state index is 0.108. The van der Waals surface area contributed by atoms with Gasteiger partial charge in [-0.3, -0.25) is 0 Å². The lowest BCUT2D eigenvalue weighted by Gasteiger charge is -2.20. The Kier molecular flexibility index (Phi) is 4.61. The summed E-state index contributed by atoms with van der Waals surface area (Å²) >= 11 is 6.04. The third-order valence-corrected chi connectivity index (χ3v) is 2.80. The van der Waals surface area contributed by atoms with Crippen LogP contribution in [0.25, 0.3) is 0 Å². The first-order valence-electron chi connectivity index (χ1n) is 5.52. The molecule has 0 aliphatic heterocycles. The number of benzene rings is 1. The summed E-state index contributed by atoms with van der Waals surface area (Å²) in [7, 11) is 1.77. The van der Waals surface area contributed by atoms with Gasteiger partial charge < -0.3 is 4.79 Å². The number of carbonyl (C=O) groups is 1. The lowest BCUT2D eigenvalue weighted by Crippen LogP contribution is -2.20. The summed E-state index contributed by atoms with van der Waals surface area (Å²) in [5.41, 5.74) is 2.36. The fraction of sp³-hybridized carbons (Fsp3) is 0.462. The predicted molar refractivity (Wildman–Crippen MR) is 70.2 cm³/mol. The van der Waals surface area contributed by atoms with Crippen LogP contribution in [0, 0.1) is 12.8 Å². The molecular weight excluding hydrogens is 218 g/mol. The largest absolute Gasteiger partial charge is 0.312 e. The van der Waals surface area contributed by atoms with Crippen LogP contribution >= 0.6 is 11.6 Å². The predicted octanol–water partition coefficient (Wildman–Crippen LogP) is 3.60. The molecule has 1 atom stereocenters. The van der Waals surface area contributed by atoms with Crippen LogP contribution < -0.4 is 0 Å². The summed E-state index contributed by atoms with van der Waals surface area (Å²) in [4.78, 5) is 11.2. The first kappa shape index (κ1) is 13.3. The topological polar surface area (TPSA) is 17.1 Å². The summed E-state index contributed by atoms with van der Waals surface area (Å²) in [5.74, 6) is 0.539. The van der Waals surface area contributed by atoms with Crippen molar-refractivity contribution in [3.63, 3.8) is 0 Å². The van der Waals surface area contributed by atoms with E-state index in [4.69, 9.17) is 11.6 Å². The van der Waals surface area contributed by atoms with Gasteiger partial charge in [-0.25, -0.2) is 0 Å². The van der Waals surface area contributed by atoms with Crippen molar-refractivity contribution in [3.8, 4) is 0 Å². The van der Waals surface area contributed by atoms with Gasteiger partial charge in [0.2, 0.25) is 7.28 Å². The Hall–Kier alpha value is -0.755. The summed E-state index contributed by atoms with van der Waals surface area (Å²) in [6, 6.07) is 5.96. The lowest BCUT2D eigenvalue weighted by atomic mass is 9.55. The molecule has 0 fully saturated rings. The van der Waals surface area contributed by atoms with E-state index in [2.05, 4.69) is 19.9 Å². The van der Waals surface area contributed by atoms with Crippen molar-refractivity contribution in [3.05, 3.63) is 34.3 Å². The van der Waals surface area contributed by atoms with Gasteiger partial charge in [-0.15, -0.1) is 0 Å². The van der Waals surface area contributed by atoms with Crippen LogP contribution in [0.4, 0.5) is 0 Å². The fourth-order valence-corrected chi connectivity index (χ4v) is 2.18. The van der Waals surface area contributed by atoms with Gasteiger partial charge in [0.25, 0.3) is 0 Å². The summed E-state index contributed by atoms with van der Waals surface area (Å²) in [6.07, 6.45) is 0. The standard InChI is InChI=1S/C13H17BClO/c1-8(2)13(14-10(4)16)11-5-9(3)6-12(15)7-11/h5-8,13H,1-4H3. The zero-order valence-corrected chi connectivity index (χ0v) is 11.0. The number of halogens is 1. The Morgan fingerprint density at radius 1 is 1.31 bits per heavy atom. The Morgan fingerprint density at radius 3 is 2.38 bits per heavy atom. The third kappa shape index (κ3) is 3.68. The summed E-state index contributed by atoms with van der Waals surface area (Å²) in [5, 5.41) is 0.734. The average molecular weight is 236 g/mol. The molecule has 1 radical (unpaired) electrons. The van der Waals surface area contributed by atoms with E-state index in [1.807, 2.05) is 19.1 Å². The molecule has 1 rings (SSSR count). The highest BCUT2D eigenvalue weighted by Gasteiger charge is 2.19. The fourth-order valence-electron chi connectivity index (χ4n) is 1.88. The average Bonchev–Trinajstić information content (AvgIpc) is 2.11. The van der Waals surface area contributed by atoms with Gasteiger partial charge in [0.05, 0.1) is 5.68 Å². The van der Waals surface area contributed by atoms with E-state index in [1.54, 1.807) is 14.2 Å². The minimum Gasteiger partial charge on any atom is -0.312 e. The van der Waals surface area contributed by atoms with Crippen LogP contribution in [0.15, 0.2) is 18.2 Å². The maximum Gasteiger partial charge on any atom is 0.210 e. The molecule has 1 aromatic carbocycles. The van der Waals surface area contributed by atoms with Crippen LogP contribution in [0.1, 0.15) is 37.7 Å². The van der Waals surface area contributed by atoms with Gasteiger partial charge in [-0.2, -0.15) is 0 Å². The minimum atomic E-state index is 0.108. The molecule has 1 aromatic rings. The highest BCUT2D eigenvalue weighted by molar-refractivity contribution is 6.74. The molecule has 3 heteroatoms. The molecule has 0 spiro atoms. The third-order valence-electron chi connectivity index (χ3n) is 2.58. The van der Waals surface area contributed by atoms with Crippen molar-refractivity contribution < 1.29 is 4.79 Å². The second-order valence-corrected chi connectivity index (χ2v) is 5.05. The molecule has 0 heterocycles. The smallest absolute Gasteiger partial charge is 0.210 e. The molecule has 0 N–H and O–H groups in total. The highest BCUT2D eigenvalue weighted by atomic mass is 35.5. The number of rotatable bonds is 4. The van der Waals surface area contributed by atoms with E-state index < -0.39 is 0 Å². The maximum absolute atomic E-state index is 11.2. The van der Waals surface area contributed by atoms with Crippen LogP contribution in [0.3, 0.4) is 0 Å². The van der Waals surface area contributed by atoms with Crippen LogP contribution in [-0.4, -0.2) is 13.0 Å². The van der Waals surface area contributed by atoms with Gasteiger partial charge in [0.1, 0.15) is 0 Å². The Labute approximate surface area is 103 Å². The second kappa shape index (κ2) is 5.54. The number of hydrogen-bond acceptors (Lipinski definition) is 1. The van der Waals surface area contributed by atoms with Crippen molar-refractivity contribution in [1.82, 2.24) is 0 Å². The monoisotopic (exact) mass is 235 g/mol. The number of aryl methyl sites for hydroxylation is 1. The summed E-state index contributed by atoms with van der Waals surface area (Å²) < 4.78 is 0. The molecule has 1 nitrogen and oxygen atoms in total. The van der Waals surface area contributed by atoms with E-state index in [0.29, 0.717) is 5.92 Å². The SMILES string of the molecule is CC(=O)[B]C(c1cc(C)cc(Cl)c1)C(C)C. The molecule has 0 aliphatic rings. The molecule has 85 valence electrons. The quantitative estimate of drug-likeness (QED) is 0.729. The lowest BCUT2D eigenvalue weighted by molar-refractivity contribution is -0.110.